The highest BCUT2D eigenvalue weighted by Gasteiger charge is 2.10. The number of nitrogen functional groups attached to an aromatic ring is 1. The number of hydrogen-bond acceptors (Lipinski definition) is 4. The van der Waals surface area contributed by atoms with Crippen molar-refractivity contribution in [2.24, 2.45) is 0 Å². The molecule has 2 rings (SSSR count). The summed E-state index contributed by atoms with van der Waals surface area (Å²) in [6, 6.07) is 11.1. The van der Waals surface area contributed by atoms with Crippen molar-refractivity contribution in [3.8, 4) is 6.07 Å². The lowest BCUT2D eigenvalue weighted by Crippen LogP contribution is -2.18. The minimum Gasteiger partial charge on any atom is -0.399 e. The molecule has 1 heterocycles. The van der Waals surface area contributed by atoms with Crippen molar-refractivity contribution >= 4 is 23.0 Å². The van der Waals surface area contributed by atoms with E-state index in [0.717, 1.165) is 11.3 Å². The Bertz CT molecular complexity index is 634. The van der Waals surface area contributed by atoms with E-state index in [1.165, 1.54) is 0 Å². The van der Waals surface area contributed by atoms with Crippen molar-refractivity contribution in [1.82, 2.24) is 4.98 Å². The van der Waals surface area contributed by atoms with E-state index in [2.05, 4.69) is 11.1 Å². The summed E-state index contributed by atoms with van der Waals surface area (Å²) in [4.78, 5) is 5.96. The van der Waals surface area contributed by atoms with E-state index in [1.807, 2.05) is 24.1 Å². The van der Waals surface area contributed by atoms with E-state index in [1.54, 1.807) is 24.4 Å². The topological polar surface area (TPSA) is 65.9 Å². The fourth-order valence-electron chi connectivity index (χ4n) is 1.85. The van der Waals surface area contributed by atoms with Gasteiger partial charge in [-0.2, -0.15) is 5.26 Å². The van der Waals surface area contributed by atoms with Crippen LogP contribution in [0.5, 0.6) is 0 Å². The number of pyridine rings is 1. The molecule has 0 saturated carbocycles. The van der Waals surface area contributed by atoms with Gasteiger partial charge >= 0.3 is 0 Å². The Labute approximate surface area is 117 Å². The normalized spacial score (nSPS) is 9.95. The van der Waals surface area contributed by atoms with E-state index >= 15 is 0 Å². The van der Waals surface area contributed by atoms with Gasteiger partial charge in [0, 0.05) is 30.5 Å². The Hall–Kier alpha value is -2.25. The summed E-state index contributed by atoms with van der Waals surface area (Å²) in [6.07, 6.45) is 1.60. The number of nitrogens with two attached hydrogens (primary N) is 1. The van der Waals surface area contributed by atoms with Gasteiger partial charge in [0.25, 0.3) is 0 Å². The lowest BCUT2D eigenvalue weighted by Gasteiger charge is -2.20. The number of nitriles is 1. The molecular weight excluding hydrogens is 260 g/mol. The SMILES string of the molecule is CN(Cc1cc(N)ccc1Cl)c1cccnc1C#N. The highest BCUT2D eigenvalue weighted by atomic mass is 35.5. The average Bonchev–Trinajstić information content (AvgIpc) is 2.42. The molecule has 2 N–H and O–H groups in total. The van der Waals surface area contributed by atoms with Crippen LogP contribution in [-0.2, 0) is 6.54 Å². The second kappa shape index (κ2) is 5.59. The van der Waals surface area contributed by atoms with Crippen LogP contribution in [0.15, 0.2) is 36.5 Å². The van der Waals surface area contributed by atoms with Crippen LogP contribution in [-0.4, -0.2) is 12.0 Å². The Kier molecular flexibility index (Phi) is 3.88. The van der Waals surface area contributed by atoms with Crippen LogP contribution in [0.1, 0.15) is 11.3 Å². The number of hydrogen-bond donors (Lipinski definition) is 1. The molecule has 0 aliphatic heterocycles. The van der Waals surface area contributed by atoms with Crippen molar-refractivity contribution in [2.75, 3.05) is 17.7 Å². The third-order valence-corrected chi connectivity index (χ3v) is 3.15. The van der Waals surface area contributed by atoms with Gasteiger partial charge in [-0.1, -0.05) is 11.6 Å². The molecule has 0 aliphatic rings. The fraction of sp³-hybridized carbons (Fsp3) is 0.143. The first-order valence-electron chi connectivity index (χ1n) is 5.72. The quantitative estimate of drug-likeness (QED) is 0.873. The zero-order valence-corrected chi connectivity index (χ0v) is 11.2. The van der Waals surface area contributed by atoms with Gasteiger partial charge in [0.15, 0.2) is 5.69 Å². The average molecular weight is 273 g/mol. The number of rotatable bonds is 3. The molecule has 0 spiro atoms. The van der Waals surface area contributed by atoms with Crippen LogP contribution in [0.4, 0.5) is 11.4 Å². The predicted octanol–water partition coefficient (Wildman–Crippen LogP) is 2.83. The van der Waals surface area contributed by atoms with Crippen LogP contribution < -0.4 is 10.6 Å². The van der Waals surface area contributed by atoms with Gasteiger partial charge in [0.2, 0.25) is 0 Å². The highest BCUT2D eigenvalue weighted by molar-refractivity contribution is 6.31. The molecule has 2 aromatic rings. The Morgan fingerprint density at radius 3 is 2.95 bits per heavy atom. The first-order valence-corrected chi connectivity index (χ1v) is 6.10. The maximum atomic E-state index is 9.05. The lowest BCUT2D eigenvalue weighted by molar-refractivity contribution is 0.915. The summed E-state index contributed by atoms with van der Waals surface area (Å²) >= 11 is 6.14. The van der Waals surface area contributed by atoms with Crippen LogP contribution in [0.25, 0.3) is 0 Å². The molecule has 5 heteroatoms. The largest absolute Gasteiger partial charge is 0.399 e. The van der Waals surface area contributed by atoms with Gasteiger partial charge in [-0.25, -0.2) is 4.98 Å². The maximum Gasteiger partial charge on any atom is 0.163 e. The first kappa shape index (κ1) is 13.2. The van der Waals surface area contributed by atoms with E-state index in [4.69, 9.17) is 22.6 Å². The van der Waals surface area contributed by atoms with E-state index in [-0.39, 0.29) is 0 Å². The summed E-state index contributed by atoms with van der Waals surface area (Å²) in [7, 11) is 1.89. The molecule has 4 nitrogen and oxygen atoms in total. The van der Waals surface area contributed by atoms with Crippen molar-refractivity contribution < 1.29 is 0 Å². The zero-order chi connectivity index (χ0) is 13.8. The monoisotopic (exact) mass is 272 g/mol. The zero-order valence-electron chi connectivity index (χ0n) is 10.5. The molecule has 0 unspecified atom stereocenters. The standard InChI is InChI=1S/C14H13ClN4/c1-19(14-3-2-6-18-13(14)8-16)9-10-7-11(17)4-5-12(10)15/h2-7H,9,17H2,1H3. The molecule has 1 aromatic carbocycles. The molecule has 0 saturated heterocycles. The third kappa shape index (κ3) is 2.95. The number of nitrogens with zero attached hydrogens (tertiary/aromatic N) is 3. The predicted molar refractivity (Wildman–Crippen MR) is 76.9 cm³/mol. The maximum absolute atomic E-state index is 9.05. The van der Waals surface area contributed by atoms with Crippen molar-refractivity contribution in [3.63, 3.8) is 0 Å². The van der Waals surface area contributed by atoms with E-state index < -0.39 is 0 Å². The molecular formula is C14H13ClN4. The molecule has 96 valence electrons. The third-order valence-electron chi connectivity index (χ3n) is 2.78. The van der Waals surface area contributed by atoms with Crippen LogP contribution in [0, 0.1) is 11.3 Å². The van der Waals surface area contributed by atoms with Crippen molar-refractivity contribution in [3.05, 3.63) is 52.8 Å². The highest BCUT2D eigenvalue weighted by Crippen LogP contribution is 2.23. The van der Waals surface area contributed by atoms with E-state index in [0.29, 0.717) is 22.9 Å². The van der Waals surface area contributed by atoms with Gasteiger partial charge in [-0.3, -0.25) is 0 Å². The molecule has 1 aromatic heterocycles. The van der Waals surface area contributed by atoms with E-state index in [9.17, 15) is 0 Å². The van der Waals surface area contributed by atoms with Gasteiger partial charge < -0.3 is 10.6 Å². The smallest absolute Gasteiger partial charge is 0.163 e. The Balaban J connectivity index is 2.28. The number of anilines is 2. The second-order valence-electron chi connectivity index (χ2n) is 4.19. The van der Waals surface area contributed by atoms with Crippen LogP contribution in [0.2, 0.25) is 5.02 Å². The minimum atomic E-state index is 0.394. The van der Waals surface area contributed by atoms with Crippen LogP contribution >= 0.6 is 11.6 Å². The van der Waals surface area contributed by atoms with Gasteiger partial charge in [-0.05, 0) is 35.9 Å². The minimum absolute atomic E-state index is 0.394. The summed E-state index contributed by atoms with van der Waals surface area (Å²) in [5, 5.41) is 9.70. The van der Waals surface area contributed by atoms with Crippen molar-refractivity contribution in [1.29, 1.82) is 5.26 Å². The molecule has 0 aliphatic carbocycles. The Morgan fingerprint density at radius 2 is 2.21 bits per heavy atom. The lowest BCUT2D eigenvalue weighted by atomic mass is 10.1. The first-order chi connectivity index (χ1) is 9.11. The summed E-state index contributed by atoms with van der Waals surface area (Å²) in [6.45, 7) is 0.560. The molecule has 0 fully saturated rings. The van der Waals surface area contributed by atoms with Crippen LogP contribution in [0.3, 0.4) is 0 Å². The molecule has 0 amide bonds. The molecule has 0 bridgehead atoms. The van der Waals surface area contributed by atoms with Gasteiger partial charge in [-0.15, -0.1) is 0 Å². The molecule has 0 atom stereocenters. The number of halogens is 1. The summed E-state index contributed by atoms with van der Waals surface area (Å²) in [5.41, 5.74) is 8.50. The second-order valence-corrected chi connectivity index (χ2v) is 4.60. The summed E-state index contributed by atoms with van der Waals surface area (Å²) < 4.78 is 0. The summed E-state index contributed by atoms with van der Waals surface area (Å²) in [5.74, 6) is 0. The number of aromatic nitrogens is 1. The molecule has 0 radical (unpaired) electrons. The fourth-order valence-corrected chi connectivity index (χ4v) is 2.02. The Morgan fingerprint density at radius 1 is 1.42 bits per heavy atom. The van der Waals surface area contributed by atoms with Gasteiger partial charge in [0.05, 0.1) is 5.69 Å². The molecule has 19 heavy (non-hydrogen) atoms. The van der Waals surface area contributed by atoms with Crippen molar-refractivity contribution in [2.45, 2.75) is 6.54 Å². The van der Waals surface area contributed by atoms with Gasteiger partial charge in [0.1, 0.15) is 6.07 Å². The number of benzene rings is 1.